The molecule has 5 heteroatoms. The van der Waals surface area contributed by atoms with Gasteiger partial charge in [0.05, 0.1) is 0 Å². The number of carbonyl (C=O) groups is 1. The van der Waals surface area contributed by atoms with Crippen LogP contribution in [0.1, 0.15) is 27.9 Å². The molecule has 1 aliphatic carbocycles. The molecular formula is C18H13F3O2. The van der Waals surface area contributed by atoms with E-state index in [1.54, 1.807) is 12.1 Å². The molecule has 0 aliphatic heterocycles. The highest BCUT2D eigenvalue weighted by Crippen LogP contribution is 2.27. The highest BCUT2D eigenvalue weighted by atomic mass is 19.4. The highest BCUT2D eigenvalue weighted by Gasteiger charge is 2.31. The molecule has 0 atom stereocenters. The summed E-state index contributed by atoms with van der Waals surface area (Å²) in [6.07, 6.45) is -1.58. The van der Waals surface area contributed by atoms with Crippen LogP contribution < -0.4 is 4.74 Å². The lowest BCUT2D eigenvalue weighted by molar-refractivity contribution is -0.274. The second kappa shape index (κ2) is 5.91. The topological polar surface area (TPSA) is 26.3 Å². The van der Waals surface area contributed by atoms with Crippen LogP contribution in [-0.4, -0.2) is 12.1 Å². The summed E-state index contributed by atoms with van der Waals surface area (Å²) < 4.78 is 40.2. The Morgan fingerprint density at radius 3 is 2.35 bits per heavy atom. The number of ketones is 1. The molecule has 23 heavy (non-hydrogen) atoms. The maximum Gasteiger partial charge on any atom is 0.573 e. The normalized spacial score (nSPS) is 16.3. The summed E-state index contributed by atoms with van der Waals surface area (Å²) in [4.78, 5) is 12.4. The Kier molecular flexibility index (Phi) is 3.94. The molecule has 0 unspecified atom stereocenters. The fourth-order valence-electron chi connectivity index (χ4n) is 2.62. The summed E-state index contributed by atoms with van der Waals surface area (Å²) in [6, 6.07) is 12.9. The molecule has 0 aromatic heterocycles. The molecule has 0 radical (unpaired) electrons. The summed E-state index contributed by atoms with van der Waals surface area (Å²) in [5, 5.41) is 0. The van der Waals surface area contributed by atoms with Crippen LogP contribution in [-0.2, 0) is 6.42 Å². The molecule has 0 heterocycles. The molecule has 118 valence electrons. The summed E-state index contributed by atoms with van der Waals surface area (Å²) in [6.45, 7) is 0. The van der Waals surface area contributed by atoms with Gasteiger partial charge in [0.1, 0.15) is 5.75 Å². The first-order valence-corrected chi connectivity index (χ1v) is 7.11. The molecule has 2 aromatic carbocycles. The van der Waals surface area contributed by atoms with Crippen LogP contribution in [0.5, 0.6) is 5.75 Å². The van der Waals surface area contributed by atoms with Crippen molar-refractivity contribution in [3.8, 4) is 5.75 Å². The number of alkyl halides is 3. The van der Waals surface area contributed by atoms with E-state index in [0.29, 0.717) is 23.1 Å². The Hall–Kier alpha value is -2.56. The molecule has 0 bridgehead atoms. The standard InChI is InChI=1S/C18H13F3O2/c19-18(20,21)23-15-9-5-12(6-10-15)11-14-8-7-13-3-1-2-4-16(13)17(14)22/h1-6,9-11H,7-8H2/b14-11+. The minimum atomic E-state index is -4.71. The van der Waals surface area contributed by atoms with Gasteiger partial charge in [0, 0.05) is 11.1 Å². The van der Waals surface area contributed by atoms with Crippen LogP contribution in [0, 0.1) is 0 Å². The smallest absolute Gasteiger partial charge is 0.406 e. The first kappa shape index (κ1) is 15.3. The third-order valence-electron chi connectivity index (χ3n) is 3.67. The van der Waals surface area contributed by atoms with Crippen LogP contribution in [0.15, 0.2) is 54.1 Å². The molecule has 0 saturated heterocycles. The molecule has 0 fully saturated rings. The van der Waals surface area contributed by atoms with Crippen LogP contribution in [0.2, 0.25) is 0 Å². The number of hydrogen-bond donors (Lipinski definition) is 0. The van der Waals surface area contributed by atoms with Gasteiger partial charge in [-0.05, 0) is 42.2 Å². The lowest BCUT2D eigenvalue weighted by Gasteiger charge is -2.17. The van der Waals surface area contributed by atoms with E-state index in [2.05, 4.69) is 4.74 Å². The molecule has 2 nitrogen and oxygen atoms in total. The van der Waals surface area contributed by atoms with E-state index in [-0.39, 0.29) is 11.5 Å². The van der Waals surface area contributed by atoms with E-state index in [4.69, 9.17) is 0 Å². The van der Waals surface area contributed by atoms with Gasteiger partial charge in [-0.25, -0.2) is 0 Å². The molecule has 0 saturated carbocycles. The van der Waals surface area contributed by atoms with Crippen molar-refractivity contribution in [2.75, 3.05) is 0 Å². The number of ether oxygens (including phenoxy) is 1. The molecule has 1 aliphatic rings. The SMILES string of the molecule is O=C1/C(=C/c2ccc(OC(F)(F)F)cc2)CCc2ccccc21. The first-order chi connectivity index (χ1) is 10.9. The molecule has 3 rings (SSSR count). The number of allylic oxidation sites excluding steroid dienone is 1. The average molecular weight is 318 g/mol. The third kappa shape index (κ3) is 3.62. The lowest BCUT2D eigenvalue weighted by atomic mass is 9.86. The van der Waals surface area contributed by atoms with Gasteiger partial charge in [-0.2, -0.15) is 0 Å². The van der Waals surface area contributed by atoms with Crippen molar-refractivity contribution in [3.63, 3.8) is 0 Å². The van der Waals surface area contributed by atoms with Crippen molar-refractivity contribution >= 4 is 11.9 Å². The van der Waals surface area contributed by atoms with Crippen molar-refractivity contribution < 1.29 is 22.7 Å². The van der Waals surface area contributed by atoms with E-state index >= 15 is 0 Å². The van der Waals surface area contributed by atoms with Gasteiger partial charge >= 0.3 is 6.36 Å². The maximum absolute atomic E-state index is 12.4. The number of hydrogen-bond acceptors (Lipinski definition) is 2. The Morgan fingerprint density at radius 2 is 1.65 bits per heavy atom. The summed E-state index contributed by atoms with van der Waals surface area (Å²) in [7, 11) is 0. The van der Waals surface area contributed by atoms with E-state index < -0.39 is 6.36 Å². The van der Waals surface area contributed by atoms with E-state index in [9.17, 15) is 18.0 Å². The predicted octanol–water partition coefficient (Wildman–Crippen LogP) is 4.80. The number of aryl methyl sites for hydroxylation is 1. The highest BCUT2D eigenvalue weighted by molar-refractivity contribution is 6.13. The number of fused-ring (bicyclic) bond motifs is 1. The Bertz CT molecular complexity index is 759. The quantitative estimate of drug-likeness (QED) is 0.744. The second-order valence-electron chi connectivity index (χ2n) is 5.27. The number of Topliss-reactive ketones (excluding diaryl/α,β-unsaturated/α-hetero) is 1. The van der Waals surface area contributed by atoms with Crippen LogP contribution >= 0.6 is 0 Å². The maximum atomic E-state index is 12.4. The zero-order chi connectivity index (χ0) is 16.4. The van der Waals surface area contributed by atoms with Crippen LogP contribution in [0.3, 0.4) is 0 Å². The lowest BCUT2D eigenvalue weighted by Crippen LogP contribution is -2.17. The minimum Gasteiger partial charge on any atom is -0.406 e. The number of carbonyl (C=O) groups excluding carboxylic acids is 1. The van der Waals surface area contributed by atoms with Gasteiger partial charge in [0.2, 0.25) is 0 Å². The van der Waals surface area contributed by atoms with Gasteiger partial charge in [0.25, 0.3) is 0 Å². The molecular weight excluding hydrogens is 305 g/mol. The summed E-state index contributed by atoms with van der Waals surface area (Å²) >= 11 is 0. The van der Waals surface area contributed by atoms with Crippen LogP contribution in [0.25, 0.3) is 6.08 Å². The second-order valence-corrected chi connectivity index (χ2v) is 5.27. The fraction of sp³-hybridized carbons (Fsp3) is 0.167. The number of benzene rings is 2. The van der Waals surface area contributed by atoms with Crippen molar-refractivity contribution in [2.45, 2.75) is 19.2 Å². The molecule has 0 spiro atoms. The van der Waals surface area contributed by atoms with Gasteiger partial charge in [-0.1, -0.05) is 36.4 Å². The Balaban J connectivity index is 1.81. The van der Waals surface area contributed by atoms with Gasteiger partial charge in [-0.15, -0.1) is 13.2 Å². The zero-order valence-corrected chi connectivity index (χ0v) is 12.1. The Morgan fingerprint density at radius 1 is 0.957 bits per heavy atom. The minimum absolute atomic E-state index is 0.0255. The predicted molar refractivity (Wildman–Crippen MR) is 80.2 cm³/mol. The summed E-state index contributed by atoms with van der Waals surface area (Å²) in [5.74, 6) is -0.303. The van der Waals surface area contributed by atoms with Crippen molar-refractivity contribution in [1.82, 2.24) is 0 Å². The Labute approximate surface area is 131 Å². The summed E-state index contributed by atoms with van der Waals surface area (Å²) in [5.41, 5.74) is 3.06. The molecule has 2 aromatic rings. The van der Waals surface area contributed by atoms with Crippen molar-refractivity contribution in [1.29, 1.82) is 0 Å². The van der Waals surface area contributed by atoms with Gasteiger partial charge in [-0.3, -0.25) is 4.79 Å². The number of rotatable bonds is 2. The van der Waals surface area contributed by atoms with E-state index in [1.807, 2.05) is 18.2 Å². The van der Waals surface area contributed by atoms with E-state index in [1.165, 1.54) is 24.3 Å². The van der Waals surface area contributed by atoms with Crippen molar-refractivity contribution in [2.24, 2.45) is 0 Å². The molecule has 0 N–H and O–H groups in total. The first-order valence-electron chi connectivity index (χ1n) is 7.11. The zero-order valence-electron chi connectivity index (χ0n) is 12.1. The fourth-order valence-corrected chi connectivity index (χ4v) is 2.62. The number of halogens is 3. The monoisotopic (exact) mass is 318 g/mol. The van der Waals surface area contributed by atoms with Gasteiger partial charge < -0.3 is 4.74 Å². The largest absolute Gasteiger partial charge is 0.573 e. The molecule has 0 amide bonds. The van der Waals surface area contributed by atoms with Crippen molar-refractivity contribution in [3.05, 3.63) is 70.8 Å². The van der Waals surface area contributed by atoms with E-state index in [0.717, 1.165) is 12.0 Å². The average Bonchev–Trinajstić information content (AvgIpc) is 2.51. The van der Waals surface area contributed by atoms with Gasteiger partial charge in [0.15, 0.2) is 5.78 Å². The van der Waals surface area contributed by atoms with Crippen LogP contribution in [0.4, 0.5) is 13.2 Å². The third-order valence-corrected chi connectivity index (χ3v) is 3.67.